The highest BCUT2D eigenvalue weighted by atomic mass is 16.5. The van der Waals surface area contributed by atoms with Gasteiger partial charge in [-0.25, -0.2) is 4.79 Å². The molecule has 0 saturated carbocycles. The summed E-state index contributed by atoms with van der Waals surface area (Å²) in [4.78, 5) is 41.9. The minimum Gasteiger partial charge on any atom is -0.465 e. The van der Waals surface area contributed by atoms with E-state index in [0.717, 1.165) is 25.1 Å². The lowest BCUT2D eigenvalue weighted by Crippen LogP contribution is -2.50. The molecule has 0 unspecified atom stereocenters. The van der Waals surface area contributed by atoms with Crippen LogP contribution >= 0.6 is 0 Å². The van der Waals surface area contributed by atoms with Gasteiger partial charge in [0.1, 0.15) is 13.2 Å². The number of carbonyl (C=O) groups is 3. The number of ether oxygens (including phenoxy) is 2. The third kappa shape index (κ3) is 8.25. The summed E-state index contributed by atoms with van der Waals surface area (Å²) >= 11 is 0. The molecule has 3 aromatic carbocycles. The number of esters is 1. The van der Waals surface area contributed by atoms with E-state index in [1.807, 2.05) is 18.2 Å². The van der Waals surface area contributed by atoms with Crippen LogP contribution in [0.4, 0.5) is 5.69 Å². The minimum absolute atomic E-state index is 0.115. The Labute approximate surface area is 242 Å². The maximum absolute atomic E-state index is 12.9. The number of carbonyl (C=O) groups excluding carboxylic acids is 3. The van der Waals surface area contributed by atoms with E-state index in [1.54, 1.807) is 17.0 Å². The number of amides is 2. The summed E-state index contributed by atoms with van der Waals surface area (Å²) in [7, 11) is 1.31. The lowest BCUT2D eigenvalue weighted by atomic mass is 9.96. The maximum atomic E-state index is 12.9. The van der Waals surface area contributed by atoms with Gasteiger partial charge in [0.15, 0.2) is 0 Å². The van der Waals surface area contributed by atoms with Crippen LogP contribution in [0.3, 0.4) is 0 Å². The molecule has 1 heterocycles. The third-order valence-electron chi connectivity index (χ3n) is 7.13. The normalized spacial score (nSPS) is 13.8. The van der Waals surface area contributed by atoms with Crippen molar-refractivity contribution in [2.24, 2.45) is 5.92 Å². The summed E-state index contributed by atoms with van der Waals surface area (Å²) in [5, 5.41) is 2.71. The zero-order valence-corrected chi connectivity index (χ0v) is 24.0. The molecule has 0 bridgehead atoms. The van der Waals surface area contributed by atoms with Gasteiger partial charge in [0.2, 0.25) is 11.8 Å². The Bertz CT molecular complexity index is 1270. The highest BCUT2D eigenvalue weighted by Gasteiger charge is 2.28. The number of piperazine rings is 1. The summed E-state index contributed by atoms with van der Waals surface area (Å²) in [6, 6.07) is 26.2. The molecule has 1 N–H and O–H groups in total. The second-order valence-corrected chi connectivity index (χ2v) is 10.7. The zero-order chi connectivity index (χ0) is 29.2. The first kappa shape index (κ1) is 30.0. The SMILES string of the molecule is COC(=O)c1cc(CC(C)C)ccc1NC(=O)COCC(=O)N1CCN(C(c2ccccc2)c2ccccc2)CC1. The van der Waals surface area contributed by atoms with Crippen molar-refractivity contribution in [1.82, 2.24) is 9.80 Å². The van der Waals surface area contributed by atoms with Gasteiger partial charge in [0.05, 0.1) is 24.4 Å². The monoisotopic (exact) mass is 557 g/mol. The van der Waals surface area contributed by atoms with Crippen molar-refractivity contribution in [2.45, 2.75) is 26.3 Å². The minimum atomic E-state index is -0.525. The first-order valence-corrected chi connectivity index (χ1v) is 14.1. The number of hydrogen-bond acceptors (Lipinski definition) is 6. The molecule has 3 aromatic rings. The Morgan fingerprint density at radius 3 is 2.00 bits per heavy atom. The van der Waals surface area contributed by atoms with Gasteiger partial charge >= 0.3 is 5.97 Å². The number of methoxy groups -OCH3 is 1. The molecule has 4 rings (SSSR count). The van der Waals surface area contributed by atoms with Crippen molar-refractivity contribution in [1.29, 1.82) is 0 Å². The molecule has 8 nitrogen and oxygen atoms in total. The molecule has 0 radical (unpaired) electrons. The van der Waals surface area contributed by atoms with Crippen LogP contribution in [-0.2, 0) is 25.5 Å². The molecular formula is C33H39N3O5. The van der Waals surface area contributed by atoms with Gasteiger partial charge in [-0.05, 0) is 41.2 Å². The second-order valence-electron chi connectivity index (χ2n) is 10.7. The zero-order valence-electron chi connectivity index (χ0n) is 24.0. The fourth-order valence-electron chi connectivity index (χ4n) is 5.20. The smallest absolute Gasteiger partial charge is 0.339 e. The van der Waals surface area contributed by atoms with E-state index >= 15 is 0 Å². The molecule has 1 saturated heterocycles. The molecule has 0 aliphatic carbocycles. The average molecular weight is 558 g/mol. The van der Waals surface area contributed by atoms with Crippen molar-refractivity contribution in [3.8, 4) is 0 Å². The van der Waals surface area contributed by atoms with Crippen LogP contribution in [0.2, 0.25) is 0 Å². The number of anilines is 1. The van der Waals surface area contributed by atoms with Gasteiger partial charge < -0.3 is 19.7 Å². The molecule has 1 aliphatic heterocycles. The van der Waals surface area contributed by atoms with E-state index in [1.165, 1.54) is 18.2 Å². The van der Waals surface area contributed by atoms with Crippen LogP contribution in [-0.4, -0.2) is 74.1 Å². The first-order chi connectivity index (χ1) is 19.9. The summed E-state index contributed by atoms with van der Waals surface area (Å²) in [6.07, 6.45) is 0.802. The lowest BCUT2D eigenvalue weighted by Gasteiger charge is -2.39. The Kier molecular flexibility index (Phi) is 10.6. The molecule has 0 aromatic heterocycles. The molecule has 0 spiro atoms. The summed E-state index contributed by atoms with van der Waals surface area (Å²) in [5.41, 5.74) is 4.07. The Morgan fingerprint density at radius 2 is 1.44 bits per heavy atom. The van der Waals surface area contributed by atoms with Crippen LogP contribution in [0.5, 0.6) is 0 Å². The average Bonchev–Trinajstić information content (AvgIpc) is 2.99. The maximum Gasteiger partial charge on any atom is 0.339 e. The van der Waals surface area contributed by atoms with E-state index in [-0.39, 0.29) is 30.7 Å². The molecule has 216 valence electrons. The fourth-order valence-corrected chi connectivity index (χ4v) is 5.20. The van der Waals surface area contributed by atoms with Crippen LogP contribution in [0.25, 0.3) is 0 Å². The lowest BCUT2D eigenvalue weighted by molar-refractivity contribution is -0.139. The van der Waals surface area contributed by atoms with Gasteiger partial charge in [0.25, 0.3) is 0 Å². The van der Waals surface area contributed by atoms with E-state index in [9.17, 15) is 14.4 Å². The van der Waals surface area contributed by atoms with Gasteiger partial charge in [-0.3, -0.25) is 14.5 Å². The standard InChI is InChI=1S/C33H39N3O5/c1-24(2)20-25-14-15-29(28(21-25)33(39)40-3)34-30(37)22-41-23-31(38)35-16-18-36(19-17-35)32(26-10-6-4-7-11-26)27-12-8-5-9-13-27/h4-15,21,24,32H,16-20,22-23H2,1-3H3,(H,34,37). The van der Waals surface area contributed by atoms with Gasteiger partial charge in [-0.15, -0.1) is 0 Å². The second kappa shape index (κ2) is 14.6. The quantitative estimate of drug-likeness (QED) is 0.348. The molecular weight excluding hydrogens is 518 g/mol. The van der Waals surface area contributed by atoms with Crippen LogP contribution in [0.1, 0.15) is 46.9 Å². The van der Waals surface area contributed by atoms with Crippen molar-refractivity contribution in [2.75, 3.05) is 51.8 Å². The number of rotatable bonds is 11. The number of benzene rings is 3. The van der Waals surface area contributed by atoms with Crippen LogP contribution < -0.4 is 5.32 Å². The van der Waals surface area contributed by atoms with Crippen LogP contribution in [0.15, 0.2) is 78.9 Å². The summed E-state index contributed by atoms with van der Waals surface area (Å²) in [5.74, 6) is -0.702. The number of nitrogens with one attached hydrogen (secondary N) is 1. The topological polar surface area (TPSA) is 88.2 Å². The molecule has 2 amide bonds. The molecule has 8 heteroatoms. The molecule has 1 aliphatic rings. The Hall–Kier alpha value is -4.01. The predicted molar refractivity (Wildman–Crippen MR) is 159 cm³/mol. The van der Waals surface area contributed by atoms with E-state index in [0.29, 0.717) is 24.7 Å². The van der Waals surface area contributed by atoms with Crippen molar-refractivity contribution in [3.05, 3.63) is 101 Å². The predicted octanol–water partition coefficient (Wildman–Crippen LogP) is 4.56. The molecule has 1 fully saturated rings. The third-order valence-corrected chi connectivity index (χ3v) is 7.13. The summed E-state index contributed by atoms with van der Waals surface area (Å²) in [6.45, 7) is 6.31. The van der Waals surface area contributed by atoms with Gasteiger partial charge in [0, 0.05) is 26.2 Å². The van der Waals surface area contributed by atoms with Crippen molar-refractivity contribution < 1.29 is 23.9 Å². The van der Waals surface area contributed by atoms with Crippen molar-refractivity contribution in [3.63, 3.8) is 0 Å². The van der Waals surface area contributed by atoms with Gasteiger partial charge in [-0.1, -0.05) is 80.6 Å². The van der Waals surface area contributed by atoms with Crippen LogP contribution in [0, 0.1) is 5.92 Å². The van der Waals surface area contributed by atoms with E-state index in [2.05, 4.69) is 72.6 Å². The van der Waals surface area contributed by atoms with E-state index < -0.39 is 11.9 Å². The number of hydrogen-bond donors (Lipinski definition) is 1. The highest BCUT2D eigenvalue weighted by Crippen LogP contribution is 2.29. The largest absolute Gasteiger partial charge is 0.465 e. The summed E-state index contributed by atoms with van der Waals surface area (Å²) < 4.78 is 10.4. The van der Waals surface area contributed by atoms with Crippen molar-refractivity contribution >= 4 is 23.5 Å². The fraction of sp³-hybridized carbons (Fsp3) is 0.364. The van der Waals surface area contributed by atoms with Gasteiger partial charge in [-0.2, -0.15) is 0 Å². The van der Waals surface area contributed by atoms with E-state index in [4.69, 9.17) is 9.47 Å². The Morgan fingerprint density at radius 1 is 0.829 bits per heavy atom. The Balaban J connectivity index is 1.28. The first-order valence-electron chi connectivity index (χ1n) is 14.1. The molecule has 41 heavy (non-hydrogen) atoms. The highest BCUT2D eigenvalue weighted by molar-refractivity contribution is 6.01. The number of nitrogens with zero attached hydrogens (tertiary/aromatic N) is 2. The molecule has 0 atom stereocenters.